The zero-order valence-corrected chi connectivity index (χ0v) is 8.43. The van der Waals surface area contributed by atoms with E-state index in [2.05, 4.69) is 17.4 Å². The second-order valence-electron chi connectivity index (χ2n) is 3.76. The first-order chi connectivity index (χ1) is 6.34. The predicted octanol–water partition coefficient (Wildman–Crippen LogP) is 1.61. The second kappa shape index (κ2) is 4.12. The van der Waals surface area contributed by atoms with Crippen LogP contribution < -0.4 is 5.32 Å². The van der Waals surface area contributed by atoms with Gasteiger partial charge in [-0.05, 0) is 17.7 Å². The largest absolute Gasteiger partial charge is 0.344 e. The molecular weight excluding hydrogens is 182 g/mol. The Labute approximate surface area is 84.1 Å². The number of halogens is 1. The maximum Gasteiger partial charge on any atom is 0.0902 e. The lowest BCUT2D eigenvalue weighted by Gasteiger charge is -2.06. The van der Waals surface area contributed by atoms with Gasteiger partial charge in [0, 0.05) is 24.3 Å². The Morgan fingerprint density at radius 2 is 2.08 bits per heavy atom. The van der Waals surface area contributed by atoms with E-state index in [9.17, 15) is 0 Å². The van der Waals surface area contributed by atoms with Crippen LogP contribution in [0.1, 0.15) is 18.4 Å². The van der Waals surface area contributed by atoms with Gasteiger partial charge < -0.3 is 5.32 Å². The number of rotatable bonds is 2. The van der Waals surface area contributed by atoms with Crippen molar-refractivity contribution in [3.05, 3.63) is 34.9 Å². The molecule has 0 bridgehead atoms. The van der Waals surface area contributed by atoms with Crippen molar-refractivity contribution in [2.45, 2.75) is 25.3 Å². The molecule has 1 fully saturated rings. The smallest absolute Gasteiger partial charge is 0.0902 e. The molecule has 1 nitrogen and oxygen atoms in total. The van der Waals surface area contributed by atoms with Gasteiger partial charge in [0.1, 0.15) is 0 Å². The third kappa shape index (κ3) is 2.45. The molecule has 0 aromatic heterocycles. The molecule has 1 atom stereocenters. The van der Waals surface area contributed by atoms with E-state index >= 15 is 0 Å². The zero-order chi connectivity index (χ0) is 9.10. The van der Waals surface area contributed by atoms with E-state index in [1.54, 1.807) is 0 Å². The summed E-state index contributed by atoms with van der Waals surface area (Å²) in [5.74, 6) is 0. The van der Waals surface area contributed by atoms with Crippen LogP contribution in [0.15, 0.2) is 24.3 Å². The van der Waals surface area contributed by atoms with Gasteiger partial charge in [0.2, 0.25) is 0 Å². The molecule has 0 amide bonds. The highest BCUT2D eigenvalue weighted by molar-refractivity contribution is 6.30. The lowest BCUT2D eigenvalue weighted by atomic mass is 10.1. The fourth-order valence-corrected chi connectivity index (χ4v) is 2.09. The molecule has 0 unspecified atom stereocenters. The summed E-state index contributed by atoms with van der Waals surface area (Å²) >= 11 is 5.82. The van der Waals surface area contributed by atoms with E-state index in [4.69, 9.17) is 11.6 Å². The highest BCUT2D eigenvalue weighted by Gasteiger charge is 2.17. The van der Waals surface area contributed by atoms with Gasteiger partial charge in [-0.1, -0.05) is 23.7 Å². The maximum atomic E-state index is 5.82. The zero-order valence-electron chi connectivity index (χ0n) is 7.67. The van der Waals surface area contributed by atoms with Crippen molar-refractivity contribution in [2.75, 3.05) is 6.54 Å². The Balaban J connectivity index is 1.97. The lowest BCUT2D eigenvalue weighted by molar-refractivity contribution is -0.669. The highest BCUT2D eigenvalue weighted by atomic mass is 35.5. The Kier molecular flexibility index (Phi) is 2.87. The molecule has 1 aliphatic rings. The quantitative estimate of drug-likeness (QED) is 0.741. The number of benzene rings is 1. The predicted molar refractivity (Wildman–Crippen MR) is 55.0 cm³/mol. The lowest BCUT2D eigenvalue weighted by Crippen LogP contribution is -2.87. The van der Waals surface area contributed by atoms with Crippen LogP contribution in [0, 0.1) is 0 Å². The topological polar surface area (TPSA) is 16.6 Å². The number of hydrogen-bond donors (Lipinski definition) is 1. The van der Waals surface area contributed by atoms with E-state index in [-0.39, 0.29) is 0 Å². The van der Waals surface area contributed by atoms with Crippen molar-refractivity contribution < 1.29 is 5.32 Å². The van der Waals surface area contributed by atoms with Gasteiger partial charge in [0.25, 0.3) is 0 Å². The SMILES string of the molecule is Clc1ccc(C[C@@H]2CCC[NH2+]2)cc1. The van der Waals surface area contributed by atoms with Gasteiger partial charge >= 0.3 is 0 Å². The van der Waals surface area contributed by atoms with Gasteiger partial charge in [-0.25, -0.2) is 0 Å². The van der Waals surface area contributed by atoms with Crippen molar-refractivity contribution >= 4 is 11.6 Å². The normalized spacial score (nSPS) is 22.1. The standard InChI is InChI=1S/C11H14ClN/c12-10-5-3-9(4-6-10)8-11-2-1-7-13-11/h3-6,11,13H,1-2,7-8H2/p+1/t11-/m0/s1. The van der Waals surface area contributed by atoms with Crippen LogP contribution in [0.5, 0.6) is 0 Å². The molecule has 2 heteroatoms. The molecule has 0 spiro atoms. The molecule has 70 valence electrons. The molecule has 13 heavy (non-hydrogen) atoms. The van der Waals surface area contributed by atoms with Crippen molar-refractivity contribution in [2.24, 2.45) is 0 Å². The summed E-state index contributed by atoms with van der Waals surface area (Å²) in [5, 5.41) is 3.29. The van der Waals surface area contributed by atoms with Crippen LogP contribution in [0.3, 0.4) is 0 Å². The molecule has 1 aromatic carbocycles. The second-order valence-corrected chi connectivity index (χ2v) is 4.19. The van der Waals surface area contributed by atoms with Crippen molar-refractivity contribution in [1.82, 2.24) is 0 Å². The fraction of sp³-hybridized carbons (Fsp3) is 0.455. The fourth-order valence-electron chi connectivity index (χ4n) is 1.96. The van der Waals surface area contributed by atoms with Gasteiger partial charge in [0.15, 0.2) is 0 Å². The third-order valence-electron chi connectivity index (χ3n) is 2.69. The molecule has 1 heterocycles. The summed E-state index contributed by atoms with van der Waals surface area (Å²) in [6.45, 7) is 1.30. The minimum absolute atomic E-state index is 0.807. The summed E-state index contributed by atoms with van der Waals surface area (Å²) < 4.78 is 0. The summed E-state index contributed by atoms with van der Waals surface area (Å²) in [6.07, 6.45) is 3.93. The van der Waals surface area contributed by atoms with Crippen LogP contribution in [-0.4, -0.2) is 12.6 Å². The molecule has 1 aliphatic heterocycles. The number of hydrogen-bond acceptors (Lipinski definition) is 0. The first-order valence-electron chi connectivity index (χ1n) is 4.92. The molecule has 2 N–H and O–H groups in total. The first kappa shape index (κ1) is 9.04. The molecule has 1 aromatic rings. The minimum atomic E-state index is 0.807. The minimum Gasteiger partial charge on any atom is -0.344 e. The molecule has 2 rings (SSSR count). The van der Waals surface area contributed by atoms with Crippen LogP contribution in [0.25, 0.3) is 0 Å². The van der Waals surface area contributed by atoms with E-state index in [1.165, 1.54) is 31.4 Å². The Morgan fingerprint density at radius 3 is 2.69 bits per heavy atom. The maximum absolute atomic E-state index is 5.82. The summed E-state index contributed by atoms with van der Waals surface area (Å²) in [7, 11) is 0. The van der Waals surface area contributed by atoms with Gasteiger partial charge in [0.05, 0.1) is 12.6 Å². The van der Waals surface area contributed by atoms with Gasteiger partial charge in [-0.3, -0.25) is 0 Å². The average Bonchev–Trinajstić information content (AvgIpc) is 2.62. The first-order valence-corrected chi connectivity index (χ1v) is 5.30. The molecule has 0 aliphatic carbocycles. The molecule has 0 radical (unpaired) electrons. The Bertz CT molecular complexity index is 262. The van der Waals surface area contributed by atoms with Crippen LogP contribution in [-0.2, 0) is 6.42 Å². The van der Waals surface area contributed by atoms with E-state index in [1.807, 2.05) is 12.1 Å². The van der Waals surface area contributed by atoms with Crippen molar-refractivity contribution in [1.29, 1.82) is 0 Å². The highest BCUT2D eigenvalue weighted by Crippen LogP contribution is 2.12. The molecule has 0 saturated carbocycles. The van der Waals surface area contributed by atoms with Crippen LogP contribution in [0.4, 0.5) is 0 Å². The van der Waals surface area contributed by atoms with Crippen molar-refractivity contribution in [3.63, 3.8) is 0 Å². The Morgan fingerprint density at radius 1 is 1.31 bits per heavy atom. The Hall–Kier alpha value is -0.530. The van der Waals surface area contributed by atoms with E-state index in [0.29, 0.717) is 0 Å². The summed E-state index contributed by atoms with van der Waals surface area (Å²) in [5.41, 5.74) is 1.41. The number of quaternary nitrogens is 1. The van der Waals surface area contributed by atoms with Crippen LogP contribution >= 0.6 is 11.6 Å². The van der Waals surface area contributed by atoms with Crippen LogP contribution in [0.2, 0.25) is 5.02 Å². The van der Waals surface area contributed by atoms with Crippen molar-refractivity contribution in [3.8, 4) is 0 Å². The summed E-state index contributed by atoms with van der Waals surface area (Å²) in [6, 6.07) is 9.03. The van der Waals surface area contributed by atoms with Gasteiger partial charge in [-0.2, -0.15) is 0 Å². The average molecular weight is 197 g/mol. The summed E-state index contributed by atoms with van der Waals surface area (Å²) in [4.78, 5) is 0. The van der Waals surface area contributed by atoms with E-state index < -0.39 is 0 Å². The van der Waals surface area contributed by atoms with Gasteiger partial charge in [-0.15, -0.1) is 0 Å². The van der Waals surface area contributed by atoms with E-state index in [0.717, 1.165) is 11.1 Å². The molecule has 1 saturated heterocycles. The molecular formula is C11H15ClN+. The number of nitrogens with two attached hydrogens (primary N) is 1. The monoisotopic (exact) mass is 196 g/mol. The third-order valence-corrected chi connectivity index (χ3v) is 2.94.